The van der Waals surface area contributed by atoms with Crippen molar-refractivity contribution in [3.63, 3.8) is 0 Å². The summed E-state index contributed by atoms with van der Waals surface area (Å²) in [5.41, 5.74) is -0.0615. The van der Waals surface area contributed by atoms with Crippen molar-refractivity contribution in [1.82, 2.24) is 0 Å². The van der Waals surface area contributed by atoms with Crippen LogP contribution in [0.4, 0.5) is 8.78 Å². The van der Waals surface area contributed by atoms with Crippen molar-refractivity contribution in [2.75, 3.05) is 6.61 Å². The van der Waals surface area contributed by atoms with Gasteiger partial charge in [0.1, 0.15) is 0 Å². The molecule has 0 heterocycles. The molecule has 15 heavy (non-hydrogen) atoms. The summed E-state index contributed by atoms with van der Waals surface area (Å²) in [6, 6.07) is 4.06. The fourth-order valence-corrected chi connectivity index (χ4v) is 1.63. The quantitative estimate of drug-likeness (QED) is 0.802. The van der Waals surface area contributed by atoms with E-state index >= 15 is 0 Å². The van der Waals surface area contributed by atoms with Crippen molar-refractivity contribution in [2.24, 2.45) is 5.41 Å². The molecule has 1 aromatic rings. The Bertz CT molecular complexity index is 342. The van der Waals surface area contributed by atoms with Gasteiger partial charge in [-0.2, -0.15) is 0 Å². The zero-order valence-corrected chi connectivity index (χ0v) is 9.22. The zero-order valence-electron chi connectivity index (χ0n) is 9.22. The van der Waals surface area contributed by atoms with Crippen LogP contribution in [0, 0.1) is 17.0 Å². The van der Waals surface area contributed by atoms with Gasteiger partial charge in [-0.15, -0.1) is 0 Å². The van der Waals surface area contributed by atoms with E-state index in [-0.39, 0.29) is 17.6 Å². The van der Waals surface area contributed by atoms with Crippen molar-refractivity contribution in [1.29, 1.82) is 0 Å². The Hall–Kier alpha value is -0.960. The molecule has 1 unspecified atom stereocenters. The molecule has 0 spiro atoms. The molecule has 0 aromatic heterocycles. The van der Waals surface area contributed by atoms with Gasteiger partial charge in [0.15, 0.2) is 11.6 Å². The standard InChI is InChI=1S/C12H16F2O/c1-12(2,3)9(7-15)8-5-4-6-10(13)11(8)14/h4-6,9,15H,7H2,1-3H3. The van der Waals surface area contributed by atoms with E-state index in [2.05, 4.69) is 0 Å². The summed E-state index contributed by atoms with van der Waals surface area (Å²) < 4.78 is 26.5. The summed E-state index contributed by atoms with van der Waals surface area (Å²) in [5.74, 6) is -2.12. The molecular weight excluding hydrogens is 198 g/mol. The molecule has 1 N–H and O–H groups in total. The topological polar surface area (TPSA) is 20.2 Å². The van der Waals surface area contributed by atoms with Gasteiger partial charge in [0.05, 0.1) is 6.61 Å². The van der Waals surface area contributed by atoms with E-state index in [1.807, 2.05) is 20.8 Å². The van der Waals surface area contributed by atoms with E-state index in [0.717, 1.165) is 6.07 Å². The molecule has 84 valence electrons. The molecule has 0 aliphatic heterocycles. The minimum Gasteiger partial charge on any atom is -0.396 e. The Morgan fingerprint density at radius 2 is 1.87 bits per heavy atom. The van der Waals surface area contributed by atoms with E-state index < -0.39 is 17.6 Å². The van der Waals surface area contributed by atoms with E-state index in [9.17, 15) is 13.9 Å². The second-order valence-corrected chi connectivity index (χ2v) is 4.74. The summed E-state index contributed by atoms with van der Waals surface area (Å²) in [5, 5.41) is 9.24. The SMILES string of the molecule is CC(C)(C)C(CO)c1cccc(F)c1F. The first-order chi connectivity index (χ1) is 6.88. The van der Waals surface area contributed by atoms with Gasteiger partial charge >= 0.3 is 0 Å². The first-order valence-corrected chi connectivity index (χ1v) is 4.92. The third-order valence-corrected chi connectivity index (χ3v) is 2.58. The molecular formula is C12H16F2O. The first-order valence-electron chi connectivity index (χ1n) is 4.92. The van der Waals surface area contributed by atoms with Gasteiger partial charge in [0.25, 0.3) is 0 Å². The Labute approximate surface area is 88.7 Å². The van der Waals surface area contributed by atoms with E-state index in [0.29, 0.717) is 0 Å². The Morgan fingerprint density at radius 3 is 2.33 bits per heavy atom. The third-order valence-electron chi connectivity index (χ3n) is 2.58. The Morgan fingerprint density at radius 1 is 1.27 bits per heavy atom. The van der Waals surface area contributed by atoms with Crippen LogP contribution in [0.3, 0.4) is 0 Å². The van der Waals surface area contributed by atoms with Crippen molar-refractivity contribution in [3.8, 4) is 0 Å². The average molecular weight is 214 g/mol. The van der Waals surface area contributed by atoms with Crippen LogP contribution in [0.15, 0.2) is 18.2 Å². The Balaban J connectivity index is 3.19. The Kier molecular flexibility index (Phi) is 3.45. The molecule has 0 aliphatic carbocycles. The monoisotopic (exact) mass is 214 g/mol. The summed E-state index contributed by atoms with van der Waals surface area (Å²) in [4.78, 5) is 0. The summed E-state index contributed by atoms with van der Waals surface area (Å²) in [7, 11) is 0. The van der Waals surface area contributed by atoms with E-state index in [1.165, 1.54) is 12.1 Å². The second-order valence-electron chi connectivity index (χ2n) is 4.74. The first kappa shape index (κ1) is 12.1. The summed E-state index contributed by atoms with van der Waals surface area (Å²) >= 11 is 0. The average Bonchev–Trinajstić information content (AvgIpc) is 2.11. The lowest BCUT2D eigenvalue weighted by Gasteiger charge is -2.29. The highest BCUT2D eigenvalue weighted by Gasteiger charge is 2.28. The zero-order chi connectivity index (χ0) is 11.6. The highest BCUT2D eigenvalue weighted by Crippen LogP contribution is 2.36. The number of benzene rings is 1. The van der Waals surface area contributed by atoms with Crippen LogP contribution in [0.1, 0.15) is 32.3 Å². The number of aliphatic hydroxyl groups excluding tert-OH is 1. The molecule has 0 amide bonds. The summed E-state index contributed by atoms with van der Waals surface area (Å²) in [6.07, 6.45) is 0. The number of hydrogen-bond donors (Lipinski definition) is 1. The van der Waals surface area contributed by atoms with E-state index in [4.69, 9.17) is 0 Å². The van der Waals surface area contributed by atoms with Crippen molar-refractivity contribution < 1.29 is 13.9 Å². The second kappa shape index (κ2) is 4.27. The van der Waals surface area contributed by atoms with Gasteiger partial charge in [-0.25, -0.2) is 8.78 Å². The van der Waals surface area contributed by atoms with Crippen LogP contribution < -0.4 is 0 Å². The van der Waals surface area contributed by atoms with Crippen molar-refractivity contribution in [2.45, 2.75) is 26.7 Å². The molecule has 0 radical (unpaired) electrons. The van der Waals surface area contributed by atoms with Crippen molar-refractivity contribution >= 4 is 0 Å². The predicted molar refractivity (Wildman–Crippen MR) is 55.6 cm³/mol. The lowest BCUT2D eigenvalue weighted by molar-refractivity contribution is 0.183. The lowest BCUT2D eigenvalue weighted by Crippen LogP contribution is -2.23. The molecule has 1 rings (SSSR count). The number of halogens is 2. The molecule has 0 bridgehead atoms. The number of rotatable bonds is 2. The minimum absolute atomic E-state index is 0.191. The van der Waals surface area contributed by atoms with Crippen LogP contribution in [-0.2, 0) is 0 Å². The van der Waals surface area contributed by atoms with Gasteiger partial charge in [-0.1, -0.05) is 32.9 Å². The normalized spacial score (nSPS) is 14.0. The summed E-state index contributed by atoms with van der Waals surface area (Å²) in [6.45, 7) is 5.47. The number of aliphatic hydroxyl groups is 1. The number of hydrogen-bond acceptors (Lipinski definition) is 1. The maximum Gasteiger partial charge on any atom is 0.162 e. The van der Waals surface area contributed by atoms with Gasteiger partial charge in [-0.05, 0) is 17.0 Å². The molecule has 0 aliphatic rings. The lowest BCUT2D eigenvalue weighted by atomic mass is 9.77. The van der Waals surface area contributed by atoms with Gasteiger partial charge in [0, 0.05) is 5.92 Å². The fourth-order valence-electron chi connectivity index (χ4n) is 1.63. The highest BCUT2D eigenvalue weighted by molar-refractivity contribution is 5.24. The van der Waals surface area contributed by atoms with Crippen LogP contribution in [0.2, 0.25) is 0 Å². The van der Waals surface area contributed by atoms with E-state index in [1.54, 1.807) is 0 Å². The van der Waals surface area contributed by atoms with Crippen LogP contribution >= 0.6 is 0 Å². The maximum absolute atomic E-state index is 13.5. The van der Waals surface area contributed by atoms with Gasteiger partial charge in [-0.3, -0.25) is 0 Å². The molecule has 0 saturated heterocycles. The van der Waals surface area contributed by atoms with Gasteiger partial charge < -0.3 is 5.11 Å². The van der Waals surface area contributed by atoms with Crippen LogP contribution in [0.25, 0.3) is 0 Å². The molecule has 1 aromatic carbocycles. The largest absolute Gasteiger partial charge is 0.396 e. The predicted octanol–water partition coefficient (Wildman–Crippen LogP) is 3.09. The fraction of sp³-hybridized carbons (Fsp3) is 0.500. The van der Waals surface area contributed by atoms with Crippen LogP contribution in [-0.4, -0.2) is 11.7 Å². The molecule has 0 saturated carbocycles. The third kappa shape index (κ3) is 2.53. The highest BCUT2D eigenvalue weighted by atomic mass is 19.2. The molecule has 3 heteroatoms. The van der Waals surface area contributed by atoms with Crippen LogP contribution in [0.5, 0.6) is 0 Å². The molecule has 0 fully saturated rings. The smallest absolute Gasteiger partial charge is 0.162 e. The molecule has 1 atom stereocenters. The van der Waals surface area contributed by atoms with Gasteiger partial charge in [0.2, 0.25) is 0 Å². The minimum atomic E-state index is -0.866. The van der Waals surface area contributed by atoms with Crippen molar-refractivity contribution in [3.05, 3.63) is 35.4 Å². The maximum atomic E-state index is 13.5. The molecule has 1 nitrogen and oxygen atoms in total.